The van der Waals surface area contributed by atoms with Gasteiger partial charge in [0, 0.05) is 30.6 Å². The number of aryl methyl sites for hydroxylation is 1. The van der Waals surface area contributed by atoms with Crippen LogP contribution < -0.4 is 0 Å². The maximum atomic E-state index is 11.7. The molecule has 2 aromatic rings. The van der Waals surface area contributed by atoms with Gasteiger partial charge in [0.1, 0.15) is 5.78 Å². The first kappa shape index (κ1) is 11.0. The third kappa shape index (κ3) is 2.97. The molecule has 0 saturated heterocycles. The summed E-state index contributed by atoms with van der Waals surface area (Å²) in [6.45, 7) is 1.94. The number of rotatable bonds is 4. The number of thiazole rings is 1. The summed E-state index contributed by atoms with van der Waals surface area (Å²) in [4.78, 5) is 20.0. The Morgan fingerprint density at radius 2 is 2.31 bits per heavy atom. The fraction of sp³-hybridized carbons (Fsp3) is 0.250. The number of Topliss-reactive ketones (excluding diaryl/α,β-unsaturated/α-hetero) is 1. The molecule has 0 atom stereocenters. The van der Waals surface area contributed by atoms with Crippen molar-refractivity contribution in [2.45, 2.75) is 19.8 Å². The van der Waals surface area contributed by atoms with E-state index in [-0.39, 0.29) is 5.78 Å². The van der Waals surface area contributed by atoms with Crippen molar-refractivity contribution in [3.05, 3.63) is 46.2 Å². The number of aromatic nitrogens is 2. The number of nitrogens with zero attached hydrogens (tertiary/aromatic N) is 2. The minimum absolute atomic E-state index is 0.179. The van der Waals surface area contributed by atoms with Crippen LogP contribution in [-0.2, 0) is 17.6 Å². The Balaban J connectivity index is 1.95. The molecular weight excluding hydrogens is 220 g/mol. The molecule has 16 heavy (non-hydrogen) atoms. The van der Waals surface area contributed by atoms with Crippen LogP contribution in [0, 0.1) is 6.92 Å². The molecule has 4 heteroatoms. The number of hydrogen-bond donors (Lipinski definition) is 0. The van der Waals surface area contributed by atoms with Gasteiger partial charge in [-0.1, -0.05) is 6.07 Å². The van der Waals surface area contributed by atoms with E-state index in [1.165, 1.54) is 0 Å². The molecule has 0 spiro atoms. The monoisotopic (exact) mass is 232 g/mol. The van der Waals surface area contributed by atoms with E-state index in [1.807, 2.05) is 24.4 Å². The van der Waals surface area contributed by atoms with Gasteiger partial charge in [0.05, 0.1) is 10.7 Å². The first-order valence-corrected chi connectivity index (χ1v) is 5.93. The van der Waals surface area contributed by atoms with Crippen molar-refractivity contribution in [3.63, 3.8) is 0 Å². The van der Waals surface area contributed by atoms with E-state index in [0.717, 1.165) is 16.3 Å². The molecule has 2 rings (SSSR count). The van der Waals surface area contributed by atoms with E-state index in [2.05, 4.69) is 9.97 Å². The molecule has 0 radical (unpaired) electrons. The molecule has 0 aliphatic heterocycles. The van der Waals surface area contributed by atoms with Gasteiger partial charge in [0.25, 0.3) is 0 Å². The summed E-state index contributed by atoms with van der Waals surface area (Å²) >= 11 is 1.58. The fourth-order valence-corrected chi connectivity index (χ4v) is 2.10. The van der Waals surface area contributed by atoms with Gasteiger partial charge in [-0.25, -0.2) is 4.98 Å². The van der Waals surface area contributed by atoms with E-state index in [0.29, 0.717) is 12.8 Å². The predicted octanol–water partition coefficient (Wildman–Crippen LogP) is 2.20. The van der Waals surface area contributed by atoms with E-state index in [4.69, 9.17) is 0 Å². The van der Waals surface area contributed by atoms with Crippen LogP contribution in [-0.4, -0.2) is 15.8 Å². The van der Waals surface area contributed by atoms with Crippen molar-refractivity contribution >= 4 is 17.1 Å². The Kier molecular flexibility index (Phi) is 3.41. The second-order valence-corrected chi connectivity index (χ2v) is 4.67. The second-order valence-electron chi connectivity index (χ2n) is 3.61. The summed E-state index contributed by atoms with van der Waals surface area (Å²) in [5.74, 6) is 0.179. The maximum absolute atomic E-state index is 11.7. The molecule has 0 aliphatic rings. The van der Waals surface area contributed by atoms with Crippen molar-refractivity contribution in [3.8, 4) is 0 Å². The highest BCUT2D eigenvalue weighted by Crippen LogP contribution is 2.09. The standard InChI is InChI=1S/C12H12N2OS/c1-9-14-11(8-16-9)6-12(15)5-10-3-2-4-13-7-10/h2-4,7-8H,5-6H2,1H3. The quantitative estimate of drug-likeness (QED) is 0.811. The van der Waals surface area contributed by atoms with Gasteiger partial charge in [-0.15, -0.1) is 11.3 Å². The van der Waals surface area contributed by atoms with Crippen molar-refractivity contribution in [1.29, 1.82) is 0 Å². The highest BCUT2D eigenvalue weighted by Gasteiger charge is 2.07. The smallest absolute Gasteiger partial charge is 0.143 e. The highest BCUT2D eigenvalue weighted by molar-refractivity contribution is 7.09. The van der Waals surface area contributed by atoms with Gasteiger partial charge in [-0.05, 0) is 18.6 Å². The second kappa shape index (κ2) is 4.99. The van der Waals surface area contributed by atoms with Gasteiger partial charge in [0.2, 0.25) is 0 Å². The predicted molar refractivity (Wildman–Crippen MR) is 63.5 cm³/mol. The number of pyridine rings is 1. The molecular formula is C12H12N2OS. The first-order valence-electron chi connectivity index (χ1n) is 5.05. The zero-order valence-electron chi connectivity index (χ0n) is 9.01. The maximum Gasteiger partial charge on any atom is 0.143 e. The van der Waals surface area contributed by atoms with Crippen molar-refractivity contribution in [2.24, 2.45) is 0 Å². The summed E-state index contributed by atoms with van der Waals surface area (Å²) in [5, 5.41) is 2.94. The topological polar surface area (TPSA) is 42.9 Å². The third-order valence-corrected chi connectivity index (χ3v) is 2.99. The van der Waals surface area contributed by atoms with E-state index in [1.54, 1.807) is 23.7 Å². The number of carbonyl (C=O) groups excluding carboxylic acids is 1. The lowest BCUT2D eigenvalue weighted by atomic mass is 10.1. The summed E-state index contributed by atoms with van der Waals surface area (Å²) < 4.78 is 0. The van der Waals surface area contributed by atoms with Crippen LogP contribution in [0.3, 0.4) is 0 Å². The molecule has 2 heterocycles. The van der Waals surface area contributed by atoms with Crippen molar-refractivity contribution in [1.82, 2.24) is 9.97 Å². The minimum atomic E-state index is 0.179. The normalized spacial score (nSPS) is 10.3. The van der Waals surface area contributed by atoms with Gasteiger partial charge < -0.3 is 0 Å². The molecule has 82 valence electrons. The first-order chi connectivity index (χ1) is 7.74. The van der Waals surface area contributed by atoms with Crippen LogP contribution in [0.25, 0.3) is 0 Å². The zero-order chi connectivity index (χ0) is 11.4. The Labute approximate surface area is 98.2 Å². The van der Waals surface area contributed by atoms with Gasteiger partial charge in [0.15, 0.2) is 0 Å². The number of carbonyl (C=O) groups is 1. The minimum Gasteiger partial charge on any atom is -0.299 e. The summed E-state index contributed by atoms with van der Waals surface area (Å²) in [6, 6.07) is 3.76. The van der Waals surface area contributed by atoms with Gasteiger partial charge in [-0.2, -0.15) is 0 Å². The number of ketones is 1. The van der Waals surface area contributed by atoms with E-state index >= 15 is 0 Å². The summed E-state index contributed by atoms with van der Waals surface area (Å²) in [5.41, 5.74) is 1.83. The lowest BCUT2D eigenvalue weighted by Gasteiger charge is -1.98. The molecule has 0 bridgehead atoms. The Hall–Kier alpha value is -1.55. The number of hydrogen-bond acceptors (Lipinski definition) is 4. The third-order valence-electron chi connectivity index (χ3n) is 2.17. The molecule has 2 aromatic heterocycles. The average molecular weight is 232 g/mol. The molecule has 0 saturated carbocycles. The molecule has 0 aliphatic carbocycles. The highest BCUT2D eigenvalue weighted by atomic mass is 32.1. The van der Waals surface area contributed by atoms with Crippen LogP contribution in [0.4, 0.5) is 0 Å². The molecule has 0 N–H and O–H groups in total. The van der Waals surface area contributed by atoms with Crippen LogP contribution in [0.1, 0.15) is 16.3 Å². The molecule has 0 aromatic carbocycles. The van der Waals surface area contributed by atoms with Gasteiger partial charge >= 0.3 is 0 Å². The van der Waals surface area contributed by atoms with Crippen LogP contribution in [0.5, 0.6) is 0 Å². The lowest BCUT2D eigenvalue weighted by molar-refractivity contribution is -0.117. The largest absolute Gasteiger partial charge is 0.299 e. The Morgan fingerprint density at radius 3 is 2.94 bits per heavy atom. The summed E-state index contributed by atoms with van der Waals surface area (Å²) in [6.07, 6.45) is 4.28. The molecule has 0 fully saturated rings. The molecule has 0 unspecified atom stereocenters. The van der Waals surface area contributed by atoms with E-state index in [9.17, 15) is 4.79 Å². The van der Waals surface area contributed by atoms with Crippen LogP contribution in [0.2, 0.25) is 0 Å². The Morgan fingerprint density at radius 1 is 1.44 bits per heavy atom. The van der Waals surface area contributed by atoms with Crippen LogP contribution >= 0.6 is 11.3 Å². The van der Waals surface area contributed by atoms with Crippen molar-refractivity contribution in [2.75, 3.05) is 0 Å². The Bertz CT molecular complexity index is 479. The van der Waals surface area contributed by atoms with E-state index < -0.39 is 0 Å². The van der Waals surface area contributed by atoms with Crippen molar-refractivity contribution < 1.29 is 4.79 Å². The molecule has 3 nitrogen and oxygen atoms in total. The van der Waals surface area contributed by atoms with Gasteiger partial charge in [-0.3, -0.25) is 9.78 Å². The SMILES string of the molecule is Cc1nc(CC(=O)Cc2cccnc2)cs1. The fourth-order valence-electron chi connectivity index (χ4n) is 1.48. The zero-order valence-corrected chi connectivity index (χ0v) is 9.83. The average Bonchev–Trinajstić information content (AvgIpc) is 2.65. The lowest BCUT2D eigenvalue weighted by Crippen LogP contribution is -2.06. The van der Waals surface area contributed by atoms with Crippen LogP contribution in [0.15, 0.2) is 29.9 Å². The summed E-state index contributed by atoms with van der Waals surface area (Å²) in [7, 11) is 0. The molecule has 0 amide bonds.